The number of benzene rings is 2. The van der Waals surface area contributed by atoms with E-state index in [4.69, 9.17) is 5.26 Å². The molecule has 1 N–H and O–H groups in total. The number of nitrogens with one attached hydrogen (secondary N) is 1. The fourth-order valence-corrected chi connectivity index (χ4v) is 3.02. The maximum Gasteiger partial charge on any atom is 0.253 e. The highest BCUT2D eigenvalue weighted by Gasteiger charge is 2.29. The van der Waals surface area contributed by atoms with E-state index in [0.717, 1.165) is 6.42 Å². The normalized spacial score (nSPS) is 16.6. The van der Waals surface area contributed by atoms with E-state index < -0.39 is 0 Å². The molecule has 2 aromatic carbocycles. The van der Waals surface area contributed by atoms with Gasteiger partial charge in [0.25, 0.3) is 5.91 Å². The average molecular weight is 351 g/mol. The van der Waals surface area contributed by atoms with Gasteiger partial charge in [0.05, 0.1) is 17.6 Å². The Morgan fingerprint density at radius 2 is 1.81 bits per heavy atom. The third kappa shape index (κ3) is 4.06. The Morgan fingerprint density at radius 1 is 1.12 bits per heavy atom. The number of likely N-dealkylation sites (tertiary alicyclic amines) is 1. The minimum atomic E-state index is -0.389. The van der Waals surface area contributed by atoms with E-state index in [1.165, 1.54) is 24.3 Å². The van der Waals surface area contributed by atoms with Crippen molar-refractivity contribution in [3.05, 3.63) is 65.5 Å². The van der Waals surface area contributed by atoms with Crippen molar-refractivity contribution < 1.29 is 14.0 Å². The predicted octanol–water partition coefficient (Wildman–Crippen LogP) is 3.19. The van der Waals surface area contributed by atoms with Crippen LogP contribution in [0.1, 0.15) is 28.8 Å². The molecule has 1 aliphatic rings. The molecule has 1 saturated heterocycles. The molecule has 0 radical (unpaired) electrons. The van der Waals surface area contributed by atoms with Gasteiger partial charge in [0.2, 0.25) is 5.91 Å². The lowest BCUT2D eigenvalue weighted by molar-refractivity contribution is -0.121. The molecule has 1 heterocycles. The minimum Gasteiger partial charge on any atom is -0.338 e. The summed E-state index contributed by atoms with van der Waals surface area (Å²) in [4.78, 5) is 26.7. The van der Waals surface area contributed by atoms with E-state index in [1.54, 1.807) is 29.2 Å². The van der Waals surface area contributed by atoms with Crippen molar-refractivity contribution in [2.75, 3.05) is 18.4 Å². The van der Waals surface area contributed by atoms with Crippen LogP contribution in [-0.4, -0.2) is 29.8 Å². The first-order valence-corrected chi connectivity index (χ1v) is 8.42. The summed E-state index contributed by atoms with van der Waals surface area (Å²) in [5.41, 5.74) is 1.56. The number of amides is 2. The molecule has 2 aromatic rings. The van der Waals surface area contributed by atoms with Crippen molar-refractivity contribution in [2.24, 2.45) is 5.92 Å². The number of piperidine rings is 1. The molecule has 5 nitrogen and oxygen atoms in total. The molecule has 2 amide bonds. The fraction of sp³-hybridized carbons (Fsp3) is 0.250. The number of halogens is 1. The Bertz CT molecular complexity index is 841. The Labute approximate surface area is 151 Å². The van der Waals surface area contributed by atoms with Crippen molar-refractivity contribution in [3.63, 3.8) is 0 Å². The van der Waals surface area contributed by atoms with Gasteiger partial charge >= 0.3 is 0 Å². The number of carbonyl (C=O) groups excluding carboxylic acids is 2. The van der Waals surface area contributed by atoms with E-state index in [2.05, 4.69) is 5.32 Å². The first kappa shape index (κ1) is 17.6. The SMILES string of the molecule is N#Cc1ccc(NC(=O)[C@H]2CCCN(C(=O)c3ccc(F)cc3)C2)cc1. The van der Waals surface area contributed by atoms with Crippen molar-refractivity contribution in [1.29, 1.82) is 5.26 Å². The molecule has 132 valence electrons. The van der Waals surface area contributed by atoms with Gasteiger partial charge in [-0.25, -0.2) is 4.39 Å². The van der Waals surface area contributed by atoms with Crippen molar-refractivity contribution in [3.8, 4) is 6.07 Å². The van der Waals surface area contributed by atoms with E-state index in [1.807, 2.05) is 6.07 Å². The number of hydrogen-bond acceptors (Lipinski definition) is 3. The van der Waals surface area contributed by atoms with Crippen LogP contribution in [0.2, 0.25) is 0 Å². The van der Waals surface area contributed by atoms with Gasteiger partial charge in [0.1, 0.15) is 5.82 Å². The van der Waals surface area contributed by atoms with Crippen LogP contribution in [0.15, 0.2) is 48.5 Å². The average Bonchev–Trinajstić information content (AvgIpc) is 2.68. The van der Waals surface area contributed by atoms with Gasteiger partial charge in [0.15, 0.2) is 0 Å². The molecular weight excluding hydrogens is 333 g/mol. The Morgan fingerprint density at radius 3 is 2.46 bits per heavy atom. The Balaban J connectivity index is 1.63. The largest absolute Gasteiger partial charge is 0.338 e. The second kappa shape index (κ2) is 7.79. The highest BCUT2D eigenvalue weighted by atomic mass is 19.1. The van der Waals surface area contributed by atoms with Crippen LogP contribution in [0.5, 0.6) is 0 Å². The molecule has 0 saturated carbocycles. The predicted molar refractivity (Wildman–Crippen MR) is 94.8 cm³/mol. The summed E-state index contributed by atoms with van der Waals surface area (Å²) in [6.07, 6.45) is 1.44. The number of rotatable bonds is 3. The van der Waals surface area contributed by atoms with Gasteiger partial charge in [-0.3, -0.25) is 9.59 Å². The van der Waals surface area contributed by atoms with Gasteiger partial charge in [-0.15, -0.1) is 0 Å². The summed E-state index contributed by atoms with van der Waals surface area (Å²) in [6.45, 7) is 0.912. The zero-order chi connectivity index (χ0) is 18.5. The van der Waals surface area contributed by atoms with Crippen LogP contribution in [0.3, 0.4) is 0 Å². The highest BCUT2D eigenvalue weighted by molar-refractivity contribution is 5.96. The summed E-state index contributed by atoms with van der Waals surface area (Å²) in [5, 5.41) is 11.6. The zero-order valence-electron chi connectivity index (χ0n) is 14.1. The first-order valence-electron chi connectivity index (χ1n) is 8.42. The van der Waals surface area contributed by atoms with Crippen LogP contribution in [-0.2, 0) is 4.79 Å². The van der Waals surface area contributed by atoms with Gasteiger partial charge in [-0.2, -0.15) is 5.26 Å². The van der Waals surface area contributed by atoms with Gasteiger partial charge in [0, 0.05) is 24.3 Å². The van der Waals surface area contributed by atoms with Crippen LogP contribution >= 0.6 is 0 Å². The molecule has 1 fully saturated rings. The van der Waals surface area contributed by atoms with E-state index in [0.29, 0.717) is 36.3 Å². The molecule has 0 spiro atoms. The lowest BCUT2D eigenvalue weighted by Crippen LogP contribution is -2.43. The quantitative estimate of drug-likeness (QED) is 0.923. The van der Waals surface area contributed by atoms with Crippen molar-refractivity contribution in [2.45, 2.75) is 12.8 Å². The fourth-order valence-electron chi connectivity index (χ4n) is 3.02. The summed E-state index contributed by atoms with van der Waals surface area (Å²) in [6, 6.07) is 14.1. The smallest absolute Gasteiger partial charge is 0.253 e. The topological polar surface area (TPSA) is 73.2 Å². The molecule has 1 aliphatic heterocycles. The number of nitrogens with zero attached hydrogens (tertiary/aromatic N) is 2. The third-order valence-corrected chi connectivity index (χ3v) is 4.45. The van der Waals surface area contributed by atoms with Gasteiger partial charge in [-0.1, -0.05) is 0 Å². The lowest BCUT2D eigenvalue weighted by Gasteiger charge is -2.32. The number of nitriles is 1. The summed E-state index contributed by atoms with van der Waals surface area (Å²) >= 11 is 0. The maximum absolute atomic E-state index is 13.0. The molecule has 0 aliphatic carbocycles. The number of hydrogen-bond donors (Lipinski definition) is 1. The van der Waals surface area contributed by atoms with Gasteiger partial charge in [-0.05, 0) is 61.4 Å². The third-order valence-electron chi connectivity index (χ3n) is 4.45. The molecule has 0 unspecified atom stereocenters. The molecule has 0 bridgehead atoms. The second-order valence-electron chi connectivity index (χ2n) is 6.28. The van der Waals surface area contributed by atoms with Crippen molar-refractivity contribution in [1.82, 2.24) is 4.90 Å². The zero-order valence-corrected chi connectivity index (χ0v) is 14.1. The molecule has 6 heteroatoms. The molecule has 26 heavy (non-hydrogen) atoms. The highest BCUT2D eigenvalue weighted by Crippen LogP contribution is 2.21. The van der Waals surface area contributed by atoms with E-state index in [9.17, 15) is 14.0 Å². The van der Waals surface area contributed by atoms with Crippen LogP contribution in [0, 0.1) is 23.1 Å². The summed E-state index contributed by atoms with van der Waals surface area (Å²) in [7, 11) is 0. The summed E-state index contributed by atoms with van der Waals surface area (Å²) < 4.78 is 13.0. The van der Waals surface area contributed by atoms with E-state index >= 15 is 0 Å². The number of anilines is 1. The molecule has 0 aromatic heterocycles. The first-order chi connectivity index (χ1) is 12.6. The lowest BCUT2D eigenvalue weighted by atomic mass is 9.96. The van der Waals surface area contributed by atoms with Crippen LogP contribution in [0.4, 0.5) is 10.1 Å². The molecule has 1 atom stereocenters. The number of carbonyl (C=O) groups is 2. The molecule has 3 rings (SSSR count). The standard InChI is InChI=1S/C20H18FN3O2/c21-17-7-5-15(6-8-17)20(26)24-11-1-2-16(13-24)19(25)23-18-9-3-14(12-22)4-10-18/h3-10,16H,1-2,11,13H2,(H,23,25)/t16-/m0/s1. The van der Waals surface area contributed by atoms with Crippen molar-refractivity contribution >= 4 is 17.5 Å². The molecular formula is C20H18FN3O2. The monoisotopic (exact) mass is 351 g/mol. The van der Waals surface area contributed by atoms with Crippen LogP contribution in [0.25, 0.3) is 0 Å². The Hall–Kier alpha value is -3.20. The second-order valence-corrected chi connectivity index (χ2v) is 6.28. The van der Waals surface area contributed by atoms with E-state index in [-0.39, 0.29) is 23.5 Å². The Kier molecular flexibility index (Phi) is 5.28. The summed E-state index contributed by atoms with van der Waals surface area (Å²) in [5.74, 6) is -1.03. The van der Waals surface area contributed by atoms with Gasteiger partial charge < -0.3 is 10.2 Å². The minimum absolute atomic E-state index is 0.147. The van der Waals surface area contributed by atoms with Crippen LogP contribution < -0.4 is 5.32 Å². The maximum atomic E-state index is 13.0.